The second-order valence-electron chi connectivity index (χ2n) is 6.37. The SMILES string of the molecule is CN(CC1CCCCO1)C(C)(CN)Cc1ccc(Cl)cc1. The van der Waals surface area contributed by atoms with Crippen LogP contribution in [0.1, 0.15) is 31.7 Å². The van der Waals surface area contributed by atoms with Gasteiger partial charge < -0.3 is 10.5 Å². The molecular weight excluding hydrogens is 284 g/mol. The van der Waals surface area contributed by atoms with E-state index in [1.807, 2.05) is 12.1 Å². The summed E-state index contributed by atoms with van der Waals surface area (Å²) in [7, 11) is 2.15. The lowest BCUT2D eigenvalue weighted by Crippen LogP contribution is -2.54. The molecule has 1 fully saturated rings. The highest BCUT2D eigenvalue weighted by Crippen LogP contribution is 2.22. The van der Waals surface area contributed by atoms with Crippen LogP contribution in [-0.2, 0) is 11.2 Å². The molecule has 1 aliphatic rings. The van der Waals surface area contributed by atoms with Gasteiger partial charge in [-0.15, -0.1) is 0 Å². The normalized spacial score (nSPS) is 22.2. The monoisotopic (exact) mass is 310 g/mol. The van der Waals surface area contributed by atoms with Crippen molar-refractivity contribution in [2.45, 2.75) is 44.2 Å². The molecule has 4 heteroatoms. The van der Waals surface area contributed by atoms with E-state index in [9.17, 15) is 0 Å². The molecule has 0 bridgehead atoms. The Morgan fingerprint density at radius 1 is 1.33 bits per heavy atom. The minimum Gasteiger partial charge on any atom is -0.377 e. The van der Waals surface area contributed by atoms with Crippen molar-refractivity contribution in [3.8, 4) is 0 Å². The second-order valence-corrected chi connectivity index (χ2v) is 6.81. The predicted octanol–water partition coefficient (Wildman–Crippen LogP) is 3.10. The first-order chi connectivity index (χ1) is 10.0. The minimum atomic E-state index is -0.0609. The van der Waals surface area contributed by atoms with Crippen molar-refractivity contribution < 1.29 is 4.74 Å². The van der Waals surface area contributed by atoms with Crippen molar-refractivity contribution in [1.29, 1.82) is 0 Å². The van der Waals surface area contributed by atoms with Crippen LogP contribution in [0.15, 0.2) is 24.3 Å². The number of halogens is 1. The third-order valence-electron chi connectivity index (χ3n) is 4.61. The van der Waals surface area contributed by atoms with E-state index >= 15 is 0 Å². The Bertz CT molecular complexity index is 431. The summed E-state index contributed by atoms with van der Waals surface area (Å²) in [5.41, 5.74) is 7.29. The van der Waals surface area contributed by atoms with Gasteiger partial charge in [-0.3, -0.25) is 4.90 Å². The van der Waals surface area contributed by atoms with Crippen LogP contribution >= 0.6 is 11.6 Å². The summed E-state index contributed by atoms with van der Waals surface area (Å²) in [4.78, 5) is 2.36. The Balaban J connectivity index is 1.99. The van der Waals surface area contributed by atoms with Gasteiger partial charge >= 0.3 is 0 Å². The van der Waals surface area contributed by atoms with Gasteiger partial charge in [-0.25, -0.2) is 0 Å². The van der Waals surface area contributed by atoms with Crippen molar-refractivity contribution >= 4 is 11.6 Å². The summed E-state index contributed by atoms with van der Waals surface area (Å²) in [6.45, 7) is 4.69. The van der Waals surface area contributed by atoms with E-state index in [1.54, 1.807) is 0 Å². The Labute approximate surface area is 133 Å². The zero-order valence-electron chi connectivity index (χ0n) is 13.1. The van der Waals surface area contributed by atoms with Gasteiger partial charge in [-0.1, -0.05) is 23.7 Å². The highest BCUT2D eigenvalue weighted by atomic mass is 35.5. The Kier molecular flexibility index (Phi) is 6.06. The lowest BCUT2D eigenvalue weighted by molar-refractivity contribution is -0.0197. The van der Waals surface area contributed by atoms with Crippen molar-refractivity contribution in [3.05, 3.63) is 34.9 Å². The van der Waals surface area contributed by atoms with Gasteiger partial charge in [0.2, 0.25) is 0 Å². The Hall–Kier alpha value is -0.610. The summed E-state index contributed by atoms with van der Waals surface area (Å²) >= 11 is 5.96. The molecule has 0 spiro atoms. The minimum absolute atomic E-state index is 0.0609. The van der Waals surface area contributed by atoms with E-state index in [0.29, 0.717) is 12.6 Å². The molecule has 0 saturated carbocycles. The van der Waals surface area contributed by atoms with Crippen LogP contribution in [0.3, 0.4) is 0 Å². The van der Waals surface area contributed by atoms with Crippen LogP contribution in [0.5, 0.6) is 0 Å². The van der Waals surface area contributed by atoms with Crippen molar-refractivity contribution in [2.75, 3.05) is 26.7 Å². The molecule has 0 radical (unpaired) electrons. The molecule has 1 aromatic carbocycles. The topological polar surface area (TPSA) is 38.5 Å². The first-order valence-corrected chi connectivity index (χ1v) is 8.19. The van der Waals surface area contributed by atoms with Crippen LogP contribution in [0.2, 0.25) is 5.02 Å². The number of hydrogen-bond donors (Lipinski definition) is 1. The van der Waals surface area contributed by atoms with Gasteiger partial charge in [-0.2, -0.15) is 0 Å². The molecule has 2 unspecified atom stereocenters. The average Bonchev–Trinajstić information content (AvgIpc) is 2.50. The molecule has 0 aliphatic carbocycles. The summed E-state index contributed by atoms with van der Waals surface area (Å²) in [5.74, 6) is 0. The van der Waals surface area contributed by atoms with Crippen LogP contribution < -0.4 is 5.73 Å². The third kappa shape index (κ3) is 4.68. The van der Waals surface area contributed by atoms with E-state index in [0.717, 1.165) is 31.0 Å². The quantitative estimate of drug-likeness (QED) is 0.877. The number of nitrogens with zero attached hydrogens (tertiary/aromatic N) is 1. The summed E-state index contributed by atoms with van der Waals surface area (Å²) < 4.78 is 5.85. The first-order valence-electron chi connectivity index (χ1n) is 7.81. The molecule has 2 rings (SSSR count). The molecule has 1 saturated heterocycles. The molecular formula is C17H27ClN2O. The second kappa shape index (κ2) is 7.59. The standard InChI is InChI=1S/C17H27ClN2O/c1-17(13-19,11-14-6-8-15(18)9-7-14)20(2)12-16-5-3-4-10-21-16/h6-9,16H,3-5,10-13,19H2,1-2H3. The van der Waals surface area contributed by atoms with Gasteiger partial charge in [-0.05, 0) is 57.4 Å². The fourth-order valence-electron chi connectivity index (χ4n) is 2.88. The molecule has 0 aromatic heterocycles. The zero-order chi connectivity index (χ0) is 15.3. The highest BCUT2D eigenvalue weighted by molar-refractivity contribution is 6.30. The molecule has 21 heavy (non-hydrogen) atoms. The third-order valence-corrected chi connectivity index (χ3v) is 4.86. The van der Waals surface area contributed by atoms with E-state index in [2.05, 4.69) is 31.0 Å². The van der Waals surface area contributed by atoms with E-state index in [4.69, 9.17) is 22.1 Å². The van der Waals surface area contributed by atoms with Gasteiger partial charge in [0.05, 0.1) is 6.10 Å². The molecule has 1 aromatic rings. The predicted molar refractivity (Wildman–Crippen MR) is 88.8 cm³/mol. The molecule has 3 nitrogen and oxygen atoms in total. The molecule has 2 atom stereocenters. The summed E-state index contributed by atoms with van der Waals surface area (Å²) in [6, 6.07) is 8.05. The maximum Gasteiger partial charge on any atom is 0.0702 e. The number of rotatable bonds is 6. The van der Waals surface area contributed by atoms with Crippen molar-refractivity contribution in [1.82, 2.24) is 4.90 Å². The largest absolute Gasteiger partial charge is 0.377 e. The van der Waals surface area contributed by atoms with E-state index < -0.39 is 0 Å². The average molecular weight is 311 g/mol. The highest BCUT2D eigenvalue weighted by Gasteiger charge is 2.30. The van der Waals surface area contributed by atoms with E-state index in [1.165, 1.54) is 18.4 Å². The molecule has 1 aliphatic heterocycles. The van der Waals surface area contributed by atoms with Crippen LogP contribution in [0, 0.1) is 0 Å². The van der Waals surface area contributed by atoms with Crippen LogP contribution in [0.25, 0.3) is 0 Å². The number of nitrogens with two attached hydrogens (primary N) is 1. The smallest absolute Gasteiger partial charge is 0.0702 e. The number of hydrogen-bond acceptors (Lipinski definition) is 3. The Morgan fingerprint density at radius 3 is 2.62 bits per heavy atom. The van der Waals surface area contributed by atoms with Gasteiger partial charge in [0.15, 0.2) is 0 Å². The number of ether oxygens (including phenoxy) is 1. The van der Waals surface area contributed by atoms with Crippen molar-refractivity contribution in [3.63, 3.8) is 0 Å². The maximum atomic E-state index is 6.08. The van der Waals surface area contributed by atoms with Gasteiger partial charge in [0.25, 0.3) is 0 Å². The Morgan fingerprint density at radius 2 is 2.05 bits per heavy atom. The summed E-state index contributed by atoms with van der Waals surface area (Å²) in [6.07, 6.45) is 4.89. The van der Waals surface area contributed by atoms with E-state index in [-0.39, 0.29) is 5.54 Å². The fourth-order valence-corrected chi connectivity index (χ4v) is 3.01. The fraction of sp³-hybridized carbons (Fsp3) is 0.647. The zero-order valence-corrected chi connectivity index (χ0v) is 13.9. The molecule has 118 valence electrons. The van der Waals surface area contributed by atoms with Gasteiger partial charge in [0.1, 0.15) is 0 Å². The maximum absolute atomic E-state index is 6.08. The summed E-state index contributed by atoms with van der Waals surface area (Å²) in [5, 5.41) is 0.775. The molecule has 0 amide bonds. The number of likely N-dealkylation sites (N-methyl/N-ethyl adjacent to an activating group) is 1. The molecule has 1 heterocycles. The van der Waals surface area contributed by atoms with Crippen LogP contribution in [-0.4, -0.2) is 43.3 Å². The van der Waals surface area contributed by atoms with Crippen molar-refractivity contribution in [2.24, 2.45) is 5.73 Å². The lowest BCUT2D eigenvalue weighted by atomic mass is 9.90. The van der Waals surface area contributed by atoms with Gasteiger partial charge in [0, 0.05) is 30.3 Å². The number of benzene rings is 1. The first kappa shape index (κ1) is 16.8. The van der Waals surface area contributed by atoms with Crippen LogP contribution in [0.4, 0.5) is 0 Å². The lowest BCUT2D eigenvalue weighted by Gasteiger charge is -2.40. The molecule has 2 N–H and O–H groups in total.